The number of likely N-dealkylation sites (tertiary alicyclic amines) is 1. The van der Waals surface area contributed by atoms with Crippen molar-refractivity contribution in [3.63, 3.8) is 0 Å². The lowest BCUT2D eigenvalue weighted by atomic mass is 9.92. The third-order valence-corrected chi connectivity index (χ3v) is 9.00. The summed E-state index contributed by atoms with van der Waals surface area (Å²) < 4.78 is 109. The molecule has 8 nitrogen and oxygen atoms in total. The Morgan fingerprint density at radius 1 is 0.980 bits per heavy atom. The van der Waals surface area contributed by atoms with Gasteiger partial charge in [0.1, 0.15) is 41.2 Å². The number of carbonyl (C=O) groups is 2. The Morgan fingerprint density at radius 2 is 1.71 bits per heavy atom. The fourth-order valence-electron chi connectivity index (χ4n) is 6.59. The van der Waals surface area contributed by atoms with Gasteiger partial charge in [0.05, 0.1) is 18.0 Å². The van der Waals surface area contributed by atoms with E-state index in [1.807, 2.05) is 0 Å². The van der Waals surface area contributed by atoms with E-state index in [1.54, 1.807) is 11.8 Å². The predicted octanol–water partition coefficient (Wildman–Crippen LogP) is 6.79. The Labute approximate surface area is 286 Å². The molecule has 1 fully saturated rings. The van der Waals surface area contributed by atoms with Gasteiger partial charge in [0.25, 0.3) is 5.56 Å². The molecule has 2 N–H and O–H groups in total. The summed E-state index contributed by atoms with van der Waals surface area (Å²) in [5, 5.41) is 12.2. The summed E-state index contributed by atoms with van der Waals surface area (Å²) in [5.41, 5.74) is -3.13. The van der Waals surface area contributed by atoms with Crippen LogP contribution in [0.1, 0.15) is 51.9 Å². The number of pyridine rings is 1. The van der Waals surface area contributed by atoms with Gasteiger partial charge in [-0.15, -0.1) is 0 Å². The molecular formula is C36H30F7N3O5. The van der Waals surface area contributed by atoms with Crippen molar-refractivity contribution >= 4 is 11.9 Å². The number of nitrogens with one attached hydrogen (secondary N) is 1. The van der Waals surface area contributed by atoms with E-state index < -0.39 is 82.4 Å². The van der Waals surface area contributed by atoms with Gasteiger partial charge in [-0.25, -0.2) is 17.6 Å². The van der Waals surface area contributed by atoms with Crippen molar-refractivity contribution < 1.29 is 50.2 Å². The highest BCUT2D eigenvalue weighted by Crippen LogP contribution is 2.41. The highest BCUT2D eigenvalue weighted by molar-refractivity contribution is 5.85. The number of aliphatic carboxylic acids is 1. The van der Waals surface area contributed by atoms with Crippen LogP contribution in [0, 0.1) is 31.3 Å². The van der Waals surface area contributed by atoms with Gasteiger partial charge in [-0.2, -0.15) is 13.2 Å². The van der Waals surface area contributed by atoms with E-state index in [9.17, 15) is 41.4 Å². The lowest BCUT2D eigenvalue weighted by molar-refractivity contribution is -0.139. The summed E-state index contributed by atoms with van der Waals surface area (Å²) in [6, 6.07) is 4.47. The molecule has 3 heterocycles. The van der Waals surface area contributed by atoms with Crippen LogP contribution in [0.25, 0.3) is 11.1 Å². The molecule has 6 rings (SSSR count). The molecule has 0 spiro atoms. The van der Waals surface area contributed by atoms with Gasteiger partial charge < -0.3 is 15.2 Å². The van der Waals surface area contributed by atoms with Crippen LogP contribution in [-0.4, -0.2) is 52.3 Å². The zero-order valence-electron chi connectivity index (χ0n) is 27.1. The van der Waals surface area contributed by atoms with Gasteiger partial charge in [-0.05, 0) is 78.9 Å². The topological polar surface area (TPSA) is 101 Å². The van der Waals surface area contributed by atoms with Crippen molar-refractivity contribution in [1.29, 1.82) is 0 Å². The standard InChI is InChI=1S/C36H30F7N3O5/c1-17-8-21(37)10-29-32(17)20-7-18(2)33(40)25(9-20)28(13-31(48)49)44-35(50)34(24-11-23(51-29)3-4-27(24)39)46-14-19(5-6-45-15-22(38)16-45)26(12-30(46)47)36(41,42)43/h3-4,7-12,14,22,28,34H,5-6,13,15-16H2,1-2H3,(H,44,50)(H,48,49)/t28-,34+/m0/s1. The fraction of sp³-hybridized carbons (Fsp3) is 0.306. The van der Waals surface area contributed by atoms with Crippen LogP contribution in [0.2, 0.25) is 0 Å². The normalized spacial score (nSPS) is 18.0. The van der Waals surface area contributed by atoms with Crippen molar-refractivity contribution in [1.82, 2.24) is 14.8 Å². The molecule has 1 amide bonds. The SMILES string of the molecule is Cc1cc2cc(c1F)[C@H](CC(=O)O)NC(=O)[C@H](n1cc(CCN3CC(F)C3)c(C(F)(F)F)cc1=O)c1cc(ccc1F)Oc1cc(F)cc(C)c1-2. The minimum atomic E-state index is -5.01. The maximum Gasteiger partial charge on any atom is 0.416 e. The highest BCUT2D eigenvalue weighted by Gasteiger charge is 2.38. The number of ether oxygens (including phenoxy) is 1. The lowest BCUT2D eigenvalue weighted by Gasteiger charge is -2.34. The number of carbonyl (C=O) groups excluding carboxylic acids is 1. The summed E-state index contributed by atoms with van der Waals surface area (Å²) in [5.74, 6) is -5.73. The number of rotatable bonds is 6. The van der Waals surface area contributed by atoms with E-state index in [4.69, 9.17) is 4.74 Å². The Hall–Kier alpha value is -5.18. The number of hydrogen-bond donors (Lipinski definition) is 2. The third kappa shape index (κ3) is 7.20. The molecule has 0 unspecified atom stereocenters. The van der Waals surface area contributed by atoms with Gasteiger partial charge in [0.2, 0.25) is 5.91 Å². The number of aryl methyl sites for hydroxylation is 2. The molecule has 1 saturated heterocycles. The zero-order chi connectivity index (χ0) is 36.9. The summed E-state index contributed by atoms with van der Waals surface area (Å²) in [4.78, 5) is 41.4. The second kappa shape index (κ2) is 13.5. The lowest BCUT2D eigenvalue weighted by Crippen LogP contribution is -2.49. The first kappa shape index (κ1) is 35.6. The van der Waals surface area contributed by atoms with E-state index in [0.717, 1.165) is 30.5 Å². The monoisotopic (exact) mass is 717 g/mol. The Bertz CT molecular complexity index is 2110. The molecular weight excluding hydrogens is 687 g/mol. The van der Waals surface area contributed by atoms with Crippen LogP contribution in [0.5, 0.6) is 11.5 Å². The molecule has 268 valence electrons. The van der Waals surface area contributed by atoms with Gasteiger partial charge in [-0.3, -0.25) is 23.9 Å². The Kier molecular flexibility index (Phi) is 9.44. The quantitative estimate of drug-likeness (QED) is 0.213. The Morgan fingerprint density at radius 3 is 2.37 bits per heavy atom. The molecule has 2 aliphatic rings. The number of amides is 1. The summed E-state index contributed by atoms with van der Waals surface area (Å²) in [7, 11) is 0. The highest BCUT2D eigenvalue weighted by atomic mass is 19.4. The number of halogens is 7. The molecule has 2 atom stereocenters. The van der Waals surface area contributed by atoms with E-state index in [-0.39, 0.29) is 65.9 Å². The van der Waals surface area contributed by atoms with Crippen LogP contribution >= 0.6 is 0 Å². The molecule has 4 aromatic rings. The number of fused-ring (bicyclic) bond motifs is 6. The molecule has 0 radical (unpaired) electrons. The Balaban J connectivity index is 1.59. The number of benzene rings is 3. The minimum absolute atomic E-state index is 0.00121. The van der Waals surface area contributed by atoms with Crippen molar-refractivity contribution in [3.05, 3.63) is 116 Å². The van der Waals surface area contributed by atoms with E-state index in [1.165, 1.54) is 25.1 Å². The van der Waals surface area contributed by atoms with Crippen molar-refractivity contribution in [2.24, 2.45) is 0 Å². The summed E-state index contributed by atoms with van der Waals surface area (Å²) >= 11 is 0. The first-order valence-electron chi connectivity index (χ1n) is 15.8. The van der Waals surface area contributed by atoms with Gasteiger partial charge in [0.15, 0.2) is 0 Å². The minimum Gasteiger partial charge on any atom is -0.481 e. The van der Waals surface area contributed by atoms with Crippen molar-refractivity contribution in [3.8, 4) is 22.6 Å². The number of carboxylic acids is 1. The van der Waals surface area contributed by atoms with Crippen molar-refractivity contribution in [2.45, 2.75) is 51.1 Å². The van der Waals surface area contributed by atoms with E-state index >= 15 is 8.78 Å². The summed E-state index contributed by atoms with van der Waals surface area (Å²) in [6.07, 6.45) is -6.61. The molecule has 1 aromatic heterocycles. The van der Waals surface area contributed by atoms with E-state index in [0.29, 0.717) is 10.1 Å². The number of alkyl halides is 4. The van der Waals surface area contributed by atoms with Crippen LogP contribution < -0.4 is 15.6 Å². The molecule has 2 aliphatic heterocycles. The molecule has 15 heteroatoms. The van der Waals surface area contributed by atoms with Crippen LogP contribution in [0.3, 0.4) is 0 Å². The molecule has 3 aromatic carbocycles. The first-order valence-corrected chi connectivity index (χ1v) is 15.8. The van der Waals surface area contributed by atoms with Gasteiger partial charge >= 0.3 is 12.1 Å². The van der Waals surface area contributed by atoms with Gasteiger partial charge in [-0.1, -0.05) is 0 Å². The third-order valence-electron chi connectivity index (χ3n) is 9.00. The predicted molar refractivity (Wildman–Crippen MR) is 170 cm³/mol. The second-order valence-electron chi connectivity index (χ2n) is 12.7. The number of hydrogen-bond acceptors (Lipinski definition) is 5. The first-order chi connectivity index (χ1) is 24.0. The maximum absolute atomic E-state index is 15.9. The molecule has 4 bridgehead atoms. The van der Waals surface area contributed by atoms with E-state index in [2.05, 4.69) is 5.32 Å². The summed E-state index contributed by atoms with van der Waals surface area (Å²) in [6.45, 7) is 2.91. The maximum atomic E-state index is 15.9. The number of aromatic nitrogens is 1. The average Bonchev–Trinajstić information content (AvgIpc) is 3.01. The number of carboxylic acid groups (broad SMARTS) is 1. The fourth-order valence-corrected chi connectivity index (χ4v) is 6.59. The molecule has 0 saturated carbocycles. The number of nitrogens with zero attached hydrogens (tertiary/aromatic N) is 2. The van der Waals surface area contributed by atoms with Crippen LogP contribution in [0.4, 0.5) is 30.7 Å². The van der Waals surface area contributed by atoms with Gasteiger partial charge in [0, 0.05) is 54.7 Å². The largest absolute Gasteiger partial charge is 0.481 e. The second-order valence-corrected chi connectivity index (χ2v) is 12.7. The van der Waals surface area contributed by atoms with Crippen molar-refractivity contribution in [2.75, 3.05) is 19.6 Å². The average molecular weight is 718 g/mol. The van der Waals surface area contributed by atoms with Crippen LogP contribution in [0.15, 0.2) is 59.5 Å². The molecule has 51 heavy (non-hydrogen) atoms. The molecule has 0 aliphatic carbocycles. The smallest absolute Gasteiger partial charge is 0.416 e. The van der Waals surface area contributed by atoms with Crippen LogP contribution in [-0.2, 0) is 22.2 Å². The zero-order valence-corrected chi connectivity index (χ0v) is 27.1.